The molecule has 0 unspecified atom stereocenters. The topological polar surface area (TPSA) is 54.1 Å². The normalized spacial score (nSPS) is 16.0. The van der Waals surface area contributed by atoms with Crippen LogP contribution >= 0.6 is 11.8 Å². The molecule has 1 aliphatic rings. The Hall–Kier alpha value is -2.59. The highest BCUT2D eigenvalue weighted by Crippen LogP contribution is 2.41. The van der Waals surface area contributed by atoms with Gasteiger partial charge in [-0.25, -0.2) is 4.98 Å². The number of aryl methyl sites for hydroxylation is 1. The molecule has 6 heteroatoms. The summed E-state index contributed by atoms with van der Waals surface area (Å²) in [4.78, 5) is 8.25. The summed E-state index contributed by atoms with van der Waals surface area (Å²) in [6.45, 7) is 6.68. The lowest BCUT2D eigenvalue weighted by atomic mass is 9.96. The molecule has 166 valence electrons. The van der Waals surface area contributed by atoms with Crippen LogP contribution in [0.15, 0.2) is 66.0 Å². The van der Waals surface area contributed by atoms with Gasteiger partial charge in [0.25, 0.3) is 0 Å². The highest BCUT2D eigenvalue weighted by molar-refractivity contribution is 8.00. The largest absolute Gasteiger partial charge is 0.383 e. The van der Waals surface area contributed by atoms with Crippen LogP contribution in [0.25, 0.3) is 0 Å². The summed E-state index contributed by atoms with van der Waals surface area (Å²) in [6.07, 6.45) is 6.08. The Balaban J connectivity index is 1.38. The van der Waals surface area contributed by atoms with E-state index in [1.807, 2.05) is 55.7 Å². The monoisotopic (exact) mass is 446 g/mol. The highest BCUT2D eigenvalue weighted by Gasteiger charge is 2.36. The fraction of sp³-hybridized carbons (Fsp3) is 0.385. The van der Waals surface area contributed by atoms with Crippen LogP contribution in [0, 0.1) is 18.3 Å². The third-order valence-electron chi connectivity index (χ3n) is 6.12. The van der Waals surface area contributed by atoms with Crippen molar-refractivity contribution in [2.24, 2.45) is 0 Å². The van der Waals surface area contributed by atoms with E-state index >= 15 is 0 Å². The predicted molar refractivity (Wildman–Crippen MR) is 129 cm³/mol. The zero-order valence-corrected chi connectivity index (χ0v) is 19.6. The van der Waals surface area contributed by atoms with Gasteiger partial charge >= 0.3 is 0 Å². The van der Waals surface area contributed by atoms with Crippen LogP contribution in [0.4, 0.5) is 0 Å². The van der Waals surface area contributed by atoms with Crippen LogP contribution < -0.4 is 0 Å². The number of rotatable bonds is 8. The predicted octanol–water partition coefficient (Wildman–Crippen LogP) is 4.88. The number of thioether (sulfide) groups is 1. The number of methoxy groups -OCH3 is 1. The maximum atomic E-state index is 9.00. The van der Waals surface area contributed by atoms with Gasteiger partial charge in [0, 0.05) is 36.0 Å². The van der Waals surface area contributed by atoms with Crippen molar-refractivity contribution in [1.82, 2.24) is 14.5 Å². The summed E-state index contributed by atoms with van der Waals surface area (Å²) in [5.41, 5.74) is 4.39. The summed E-state index contributed by atoms with van der Waals surface area (Å²) in [5.74, 6) is 0. The van der Waals surface area contributed by atoms with E-state index in [0.29, 0.717) is 5.56 Å². The van der Waals surface area contributed by atoms with Crippen LogP contribution in [0.3, 0.4) is 0 Å². The zero-order chi connectivity index (χ0) is 22.4. The number of ether oxygens (including phenoxy) is 1. The Kier molecular flexibility index (Phi) is 7.31. The van der Waals surface area contributed by atoms with Crippen LogP contribution in [-0.4, -0.2) is 46.0 Å². The number of hydrogen-bond acceptors (Lipinski definition) is 5. The summed E-state index contributed by atoms with van der Waals surface area (Å²) in [7, 11) is 1.81. The van der Waals surface area contributed by atoms with Gasteiger partial charge in [0.2, 0.25) is 0 Å². The molecule has 0 saturated carbocycles. The first-order valence-corrected chi connectivity index (χ1v) is 11.9. The molecule has 0 radical (unpaired) electrons. The number of likely N-dealkylation sites (tertiary alicyclic amines) is 1. The molecule has 5 nitrogen and oxygen atoms in total. The van der Waals surface area contributed by atoms with Gasteiger partial charge in [-0.3, -0.25) is 4.90 Å². The Morgan fingerprint density at radius 1 is 1.12 bits per heavy atom. The molecule has 32 heavy (non-hydrogen) atoms. The number of hydrogen-bond donors (Lipinski definition) is 0. The number of imidazole rings is 1. The standard InChI is InChI=1S/C26H30N4OS/c1-21-4-3-5-25(14-21)32-26(19-31-2)10-12-29(13-11-26)18-24-16-28-20-30(24)17-23-8-6-22(15-27)7-9-23/h3-9,14,16,20H,10-13,17-19H2,1-2H3. The molecule has 0 amide bonds. The average molecular weight is 447 g/mol. The maximum absolute atomic E-state index is 9.00. The Labute approximate surface area is 195 Å². The lowest BCUT2D eigenvalue weighted by Gasteiger charge is -2.41. The number of nitrogens with zero attached hydrogens (tertiary/aromatic N) is 4. The summed E-state index contributed by atoms with van der Waals surface area (Å²) >= 11 is 1.98. The molecule has 3 aromatic rings. The van der Waals surface area contributed by atoms with E-state index in [0.717, 1.165) is 45.6 Å². The molecule has 0 atom stereocenters. The molecule has 1 fully saturated rings. The summed E-state index contributed by atoms with van der Waals surface area (Å²) in [6, 6.07) is 18.7. The Morgan fingerprint density at radius 2 is 1.91 bits per heavy atom. The number of piperidine rings is 1. The second-order valence-corrected chi connectivity index (χ2v) is 10.2. The first-order chi connectivity index (χ1) is 15.6. The van der Waals surface area contributed by atoms with E-state index in [1.165, 1.54) is 21.7 Å². The lowest BCUT2D eigenvalue weighted by molar-refractivity contribution is 0.114. The van der Waals surface area contributed by atoms with E-state index in [1.54, 1.807) is 0 Å². The second kappa shape index (κ2) is 10.4. The van der Waals surface area contributed by atoms with E-state index in [-0.39, 0.29) is 4.75 Å². The molecule has 1 saturated heterocycles. The second-order valence-electron chi connectivity index (χ2n) is 8.63. The van der Waals surface area contributed by atoms with Gasteiger partial charge < -0.3 is 9.30 Å². The van der Waals surface area contributed by atoms with Crippen molar-refractivity contribution in [2.75, 3.05) is 26.8 Å². The fourth-order valence-electron chi connectivity index (χ4n) is 4.32. The molecule has 1 aromatic heterocycles. The first kappa shape index (κ1) is 22.6. The Bertz CT molecular complexity index is 1060. The van der Waals surface area contributed by atoms with Crippen LogP contribution in [0.5, 0.6) is 0 Å². The van der Waals surface area contributed by atoms with Gasteiger partial charge in [-0.2, -0.15) is 5.26 Å². The minimum absolute atomic E-state index is 0.127. The van der Waals surface area contributed by atoms with Crippen LogP contribution in [0.2, 0.25) is 0 Å². The van der Waals surface area contributed by atoms with Gasteiger partial charge in [-0.15, -0.1) is 11.8 Å². The average Bonchev–Trinajstić information content (AvgIpc) is 3.22. The molecule has 2 aromatic carbocycles. The molecule has 1 aliphatic heterocycles. The van der Waals surface area contributed by atoms with E-state index < -0.39 is 0 Å². The quantitative estimate of drug-likeness (QED) is 0.493. The third-order valence-corrected chi connectivity index (χ3v) is 7.57. The number of benzene rings is 2. The highest BCUT2D eigenvalue weighted by atomic mass is 32.2. The van der Waals surface area contributed by atoms with Crippen molar-refractivity contribution in [2.45, 2.75) is 42.5 Å². The van der Waals surface area contributed by atoms with Crippen molar-refractivity contribution in [3.8, 4) is 6.07 Å². The molecule has 4 rings (SSSR count). The fourth-order valence-corrected chi connectivity index (χ4v) is 5.77. The molecule has 2 heterocycles. The first-order valence-electron chi connectivity index (χ1n) is 11.0. The van der Waals surface area contributed by atoms with Gasteiger partial charge in [-0.05, 0) is 62.7 Å². The van der Waals surface area contributed by atoms with E-state index in [4.69, 9.17) is 10.00 Å². The van der Waals surface area contributed by atoms with Crippen molar-refractivity contribution < 1.29 is 4.74 Å². The van der Waals surface area contributed by atoms with Crippen molar-refractivity contribution in [1.29, 1.82) is 5.26 Å². The minimum atomic E-state index is 0.127. The number of aromatic nitrogens is 2. The van der Waals surface area contributed by atoms with Crippen molar-refractivity contribution >= 4 is 11.8 Å². The molecule has 0 bridgehead atoms. The van der Waals surface area contributed by atoms with E-state index in [2.05, 4.69) is 51.7 Å². The van der Waals surface area contributed by atoms with Crippen LogP contribution in [0.1, 0.15) is 35.2 Å². The van der Waals surface area contributed by atoms with E-state index in [9.17, 15) is 0 Å². The number of nitriles is 1. The van der Waals surface area contributed by atoms with Crippen molar-refractivity contribution in [3.63, 3.8) is 0 Å². The summed E-state index contributed by atoms with van der Waals surface area (Å²) < 4.78 is 7.99. The minimum Gasteiger partial charge on any atom is -0.383 e. The molecule has 0 spiro atoms. The smallest absolute Gasteiger partial charge is 0.0991 e. The van der Waals surface area contributed by atoms with Gasteiger partial charge in [0.1, 0.15) is 0 Å². The molecular weight excluding hydrogens is 416 g/mol. The Morgan fingerprint density at radius 3 is 2.59 bits per heavy atom. The molecular formula is C26H30N4OS. The molecule has 0 aliphatic carbocycles. The van der Waals surface area contributed by atoms with Gasteiger partial charge in [0.05, 0.1) is 30.3 Å². The third kappa shape index (κ3) is 5.60. The maximum Gasteiger partial charge on any atom is 0.0991 e. The zero-order valence-electron chi connectivity index (χ0n) is 18.8. The van der Waals surface area contributed by atoms with Gasteiger partial charge in [0.15, 0.2) is 0 Å². The SMILES string of the molecule is COCC1(Sc2cccc(C)c2)CCN(Cc2cncn2Cc2ccc(C#N)cc2)CC1. The van der Waals surface area contributed by atoms with Crippen molar-refractivity contribution in [3.05, 3.63) is 83.4 Å². The lowest BCUT2D eigenvalue weighted by Crippen LogP contribution is -2.44. The summed E-state index contributed by atoms with van der Waals surface area (Å²) in [5, 5.41) is 9.00. The molecule has 0 N–H and O–H groups in total. The van der Waals surface area contributed by atoms with Gasteiger partial charge in [-0.1, -0.05) is 29.8 Å². The van der Waals surface area contributed by atoms with Crippen LogP contribution in [-0.2, 0) is 17.8 Å².